The highest BCUT2D eigenvalue weighted by Gasteiger charge is 2.37. The second-order valence-electron chi connectivity index (χ2n) is 8.04. The Labute approximate surface area is 213 Å². The molecule has 6 nitrogen and oxygen atoms in total. The lowest BCUT2D eigenvalue weighted by atomic mass is 9.98. The molecule has 38 heavy (non-hydrogen) atoms. The van der Waals surface area contributed by atoms with E-state index in [-0.39, 0.29) is 27.9 Å². The number of nitrogens with zero attached hydrogens (tertiary/aromatic N) is 1. The number of anilines is 2. The normalized spacial score (nSPS) is 15.2. The van der Waals surface area contributed by atoms with E-state index in [1.54, 1.807) is 0 Å². The molecule has 2 aromatic carbocycles. The van der Waals surface area contributed by atoms with Crippen molar-refractivity contribution >= 4 is 34.9 Å². The summed E-state index contributed by atoms with van der Waals surface area (Å²) in [5, 5.41) is 6.54. The molecule has 0 fully saturated rings. The van der Waals surface area contributed by atoms with Crippen LogP contribution in [-0.2, 0) is 6.18 Å². The van der Waals surface area contributed by atoms with Gasteiger partial charge in [-0.3, -0.25) is 9.59 Å². The number of aromatic nitrogens is 1. The van der Waals surface area contributed by atoms with Crippen molar-refractivity contribution in [2.45, 2.75) is 18.4 Å². The lowest BCUT2D eigenvalue weighted by molar-refractivity contribution is -0.137. The maximum absolute atomic E-state index is 14.0. The monoisotopic (exact) mass is 564 g/mol. The largest absolute Gasteiger partial charge is 0.416 e. The molecule has 0 aliphatic carbocycles. The van der Waals surface area contributed by atoms with Crippen LogP contribution in [0.5, 0.6) is 0 Å². The highest BCUT2D eigenvalue weighted by atomic mass is 35.5. The molecule has 1 aromatic heterocycles. The van der Waals surface area contributed by atoms with Crippen molar-refractivity contribution in [3.8, 4) is 0 Å². The van der Waals surface area contributed by atoms with Crippen molar-refractivity contribution in [1.29, 1.82) is 0 Å². The van der Waals surface area contributed by atoms with Gasteiger partial charge in [-0.1, -0.05) is 11.6 Å². The van der Waals surface area contributed by atoms with Gasteiger partial charge in [-0.05, 0) is 36.4 Å². The van der Waals surface area contributed by atoms with E-state index < -0.39 is 71.0 Å². The topological polar surface area (TPSA) is 83.1 Å². The summed E-state index contributed by atoms with van der Waals surface area (Å²) in [5.74, 6) is -4.85. The summed E-state index contributed by atoms with van der Waals surface area (Å²) in [6, 6.07) is 3.86. The predicted octanol–water partition coefficient (Wildman–Crippen LogP) is 6.09. The first-order valence-electron chi connectivity index (χ1n) is 10.4. The molecule has 1 atom stereocenters. The highest BCUT2D eigenvalue weighted by molar-refractivity contribution is 6.31. The van der Waals surface area contributed by atoms with Crippen molar-refractivity contribution in [3.05, 3.63) is 87.1 Å². The summed E-state index contributed by atoms with van der Waals surface area (Å²) in [6.45, 7) is -1.58. The fourth-order valence-electron chi connectivity index (χ4n) is 3.72. The second-order valence-corrected chi connectivity index (χ2v) is 8.45. The van der Waals surface area contributed by atoms with Crippen LogP contribution in [-0.4, -0.2) is 29.5 Å². The third kappa shape index (κ3) is 5.79. The van der Waals surface area contributed by atoms with E-state index in [0.717, 1.165) is 18.2 Å². The van der Waals surface area contributed by atoms with Gasteiger partial charge in [-0.2, -0.15) is 26.3 Å². The van der Waals surface area contributed by atoms with E-state index >= 15 is 0 Å². The molecular weight excluding hydrogens is 552 g/mol. The van der Waals surface area contributed by atoms with Crippen LogP contribution >= 0.6 is 11.6 Å². The summed E-state index contributed by atoms with van der Waals surface area (Å²) in [7, 11) is 0. The maximum Gasteiger partial charge on any atom is 0.416 e. The maximum atomic E-state index is 14.0. The van der Waals surface area contributed by atoms with Gasteiger partial charge in [0.1, 0.15) is 29.7 Å². The van der Waals surface area contributed by atoms with Crippen molar-refractivity contribution in [2.75, 3.05) is 17.2 Å². The van der Waals surface area contributed by atoms with Gasteiger partial charge in [0.05, 0.1) is 17.3 Å². The molecule has 0 radical (unpaired) electrons. The Morgan fingerprint density at radius 3 is 2.37 bits per heavy atom. The number of rotatable bonds is 5. The number of pyridine rings is 1. The van der Waals surface area contributed by atoms with Crippen molar-refractivity contribution in [2.24, 2.45) is 0 Å². The van der Waals surface area contributed by atoms with Crippen LogP contribution in [0.3, 0.4) is 0 Å². The van der Waals surface area contributed by atoms with Crippen LogP contribution < -0.4 is 16.0 Å². The standard InChI is InChI=1S/C23H13ClF8N4O2/c24-14-2-1-11(25)6-13(14)18-17-15(7-16(33-8-22(27,28)29)35-19(17)21(38)36-18)34-20(37)9-3-10(23(30,31)32)5-12(26)4-9/h1-7,18H,8H2,(H,36,38)(H2,33,34,35,37). The molecule has 1 aliphatic heterocycles. The average molecular weight is 565 g/mol. The van der Waals surface area contributed by atoms with Crippen LogP contribution in [0, 0.1) is 11.6 Å². The van der Waals surface area contributed by atoms with Crippen LogP contribution in [0.4, 0.5) is 46.6 Å². The molecule has 0 bridgehead atoms. The Bertz CT molecular complexity index is 1440. The van der Waals surface area contributed by atoms with Crippen molar-refractivity contribution in [1.82, 2.24) is 10.3 Å². The number of carbonyl (C=O) groups excluding carboxylic acids is 2. The molecule has 3 N–H and O–H groups in total. The summed E-state index contributed by atoms with van der Waals surface area (Å²) in [6.07, 6.45) is -9.68. The fraction of sp³-hybridized carbons (Fsp3) is 0.174. The molecule has 15 heteroatoms. The van der Waals surface area contributed by atoms with Gasteiger partial charge in [-0.25, -0.2) is 13.8 Å². The van der Waals surface area contributed by atoms with Crippen LogP contribution in [0.2, 0.25) is 5.02 Å². The summed E-state index contributed by atoms with van der Waals surface area (Å²) in [5.41, 5.74) is -3.22. The Morgan fingerprint density at radius 2 is 1.71 bits per heavy atom. The molecule has 2 amide bonds. The fourth-order valence-corrected chi connectivity index (χ4v) is 3.95. The van der Waals surface area contributed by atoms with Gasteiger partial charge in [-0.15, -0.1) is 0 Å². The lowest BCUT2D eigenvalue weighted by Gasteiger charge is -2.19. The average Bonchev–Trinajstić information content (AvgIpc) is 3.14. The molecular formula is C23H13ClF8N4O2. The zero-order valence-corrected chi connectivity index (χ0v) is 19.2. The number of fused-ring (bicyclic) bond motifs is 1. The molecule has 1 unspecified atom stereocenters. The summed E-state index contributed by atoms with van der Waals surface area (Å²) < 4.78 is 105. The van der Waals surface area contributed by atoms with Gasteiger partial charge in [0.2, 0.25) is 0 Å². The van der Waals surface area contributed by atoms with Crippen LogP contribution in [0.15, 0.2) is 42.5 Å². The molecule has 2 heterocycles. The third-order valence-corrected chi connectivity index (χ3v) is 5.66. The van der Waals surface area contributed by atoms with Crippen LogP contribution in [0.1, 0.15) is 43.6 Å². The van der Waals surface area contributed by atoms with Gasteiger partial charge >= 0.3 is 12.4 Å². The predicted molar refractivity (Wildman–Crippen MR) is 119 cm³/mol. The molecule has 200 valence electrons. The number of halogens is 9. The first kappa shape index (κ1) is 27.1. The molecule has 3 aromatic rings. The summed E-state index contributed by atoms with van der Waals surface area (Å²) >= 11 is 6.14. The molecule has 0 spiro atoms. The minimum absolute atomic E-state index is 0.00261. The van der Waals surface area contributed by atoms with Gasteiger partial charge in [0.15, 0.2) is 0 Å². The number of nitrogens with one attached hydrogen (secondary N) is 3. The van der Waals surface area contributed by atoms with Crippen molar-refractivity contribution in [3.63, 3.8) is 0 Å². The van der Waals surface area contributed by atoms with E-state index in [4.69, 9.17) is 11.6 Å². The van der Waals surface area contributed by atoms with E-state index in [2.05, 4.69) is 15.6 Å². The SMILES string of the molecule is O=C(Nc1cc(NCC(F)(F)F)nc2c1C(c1cc(F)ccc1Cl)NC2=O)c1cc(F)cc(C(F)(F)F)c1. The Balaban J connectivity index is 1.82. The Hall–Kier alpha value is -3.94. The number of alkyl halides is 6. The van der Waals surface area contributed by atoms with E-state index in [0.29, 0.717) is 12.1 Å². The van der Waals surface area contributed by atoms with E-state index in [9.17, 15) is 44.7 Å². The molecule has 4 rings (SSSR count). The minimum Gasteiger partial charge on any atom is -0.361 e. The first-order valence-corrected chi connectivity index (χ1v) is 10.8. The van der Waals surface area contributed by atoms with Crippen LogP contribution in [0.25, 0.3) is 0 Å². The van der Waals surface area contributed by atoms with E-state index in [1.807, 2.05) is 5.32 Å². The highest BCUT2D eigenvalue weighted by Crippen LogP contribution is 2.40. The summed E-state index contributed by atoms with van der Waals surface area (Å²) in [4.78, 5) is 29.4. The number of carbonyl (C=O) groups is 2. The smallest absolute Gasteiger partial charge is 0.361 e. The van der Waals surface area contributed by atoms with Gasteiger partial charge in [0, 0.05) is 27.8 Å². The quantitative estimate of drug-likeness (QED) is 0.328. The van der Waals surface area contributed by atoms with E-state index in [1.165, 1.54) is 6.07 Å². The van der Waals surface area contributed by atoms with Gasteiger partial charge < -0.3 is 16.0 Å². The zero-order valence-electron chi connectivity index (χ0n) is 18.5. The number of hydrogen-bond donors (Lipinski definition) is 3. The molecule has 0 saturated carbocycles. The number of hydrogen-bond acceptors (Lipinski definition) is 4. The zero-order chi connectivity index (χ0) is 28.0. The Kier molecular flexibility index (Phi) is 6.95. The Morgan fingerprint density at radius 1 is 1.00 bits per heavy atom. The van der Waals surface area contributed by atoms with Crippen molar-refractivity contribution < 1.29 is 44.7 Å². The second kappa shape index (κ2) is 9.74. The molecule has 1 aliphatic rings. The third-order valence-electron chi connectivity index (χ3n) is 5.31. The minimum atomic E-state index is -4.99. The number of amides is 2. The first-order chi connectivity index (χ1) is 17.6. The molecule has 0 saturated heterocycles. The van der Waals surface area contributed by atoms with Gasteiger partial charge in [0.25, 0.3) is 11.8 Å². The number of benzene rings is 2. The lowest BCUT2D eigenvalue weighted by Crippen LogP contribution is -2.22.